The average Bonchev–Trinajstić information content (AvgIpc) is 3.04. The second kappa shape index (κ2) is 8.41. The van der Waals surface area contributed by atoms with Crippen molar-refractivity contribution in [2.75, 3.05) is 31.1 Å². The van der Waals surface area contributed by atoms with Gasteiger partial charge in [-0.2, -0.15) is 0 Å². The SMILES string of the molecule is CCN(CC)CCN(Cc1ccccc1)c1ncnc2scc(C)c12. The summed E-state index contributed by atoms with van der Waals surface area (Å²) in [5.41, 5.74) is 2.57. The predicted octanol–water partition coefficient (Wildman–Crippen LogP) is 4.35. The summed E-state index contributed by atoms with van der Waals surface area (Å²) in [6, 6.07) is 10.6. The lowest BCUT2D eigenvalue weighted by atomic mass is 10.2. The Labute approximate surface area is 154 Å². The molecule has 0 saturated heterocycles. The summed E-state index contributed by atoms with van der Waals surface area (Å²) in [7, 11) is 0. The van der Waals surface area contributed by atoms with Crippen LogP contribution in [-0.2, 0) is 6.54 Å². The Kier molecular flexibility index (Phi) is 6.00. The van der Waals surface area contributed by atoms with Crippen LogP contribution in [-0.4, -0.2) is 41.0 Å². The zero-order valence-electron chi connectivity index (χ0n) is 15.3. The van der Waals surface area contributed by atoms with E-state index < -0.39 is 0 Å². The number of nitrogens with zero attached hydrogens (tertiary/aromatic N) is 4. The summed E-state index contributed by atoms with van der Waals surface area (Å²) < 4.78 is 0. The number of hydrogen-bond acceptors (Lipinski definition) is 5. The van der Waals surface area contributed by atoms with Gasteiger partial charge in [0, 0.05) is 19.6 Å². The summed E-state index contributed by atoms with van der Waals surface area (Å²) in [6.45, 7) is 11.6. The standard InChI is InChI=1S/C20H26N4S/c1-4-23(5-2)11-12-24(13-17-9-7-6-8-10-17)19-18-16(3)14-25-20(18)22-15-21-19/h6-10,14-15H,4-5,11-13H2,1-3H3. The van der Waals surface area contributed by atoms with E-state index in [1.165, 1.54) is 16.5 Å². The number of thiophene rings is 1. The van der Waals surface area contributed by atoms with Gasteiger partial charge in [0.2, 0.25) is 0 Å². The van der Waals surface area contributed by atoms with Gasteiger partial charge in [-0.1, -0.05) is 44.2 Å². The Hall–Kier alpha value is -1.98. The van der Waals surface area contributed by atoms with Crippen LogP contribution in [0.1, 0.15) is 25.0 Å². The van der Waals surface area contributed by atoms with Crippen molar-refractivity contribution in [3.63, 3.8) is 0 Å². The van der Waals surface area contributed by atoms with Crippen molar-refractivity contribution in [2.24, 2.45) is 0 Å². The number of benzene rings is 1. The normalized spacial score (nSPS) is 11.4. The number of hydrogen-bond donors (Lipinski definition) is 0. The van der Waals surface area contributed by atoms with Crippen LogP contribution < -0.4 is 4.90 Å². The van der Waals surface area contributed by atoms with Crippen molar-refractivity contribution in [2.45, 2.75) is 27.3 Å². The Balaban J connectivity index is 1.93. The molecule has 3 aromatic rings. The fourth-order valence-corrected chi connectivity index (χ4v) is 3.99. The summed E-state index contributed by atoms with van der Waals surface area (Å²) in [6.07, 6.45) is 1.70. The van der Waals surface area contributed by atoms with Crippen LogP contribution in [0, 0.1) is 6.92 Å². The van der Waals surface area contributed by atoms with Crippen LogP contribution in [0.2, 0.25) is 0 Å². The van der Waals surface area contributed by atoms with E-state index in [-0.39, 0.29) is 0 Å². The number of rotatable bonds is 8. The lowest BCUT2D eigenvalue weighted by molar-refractivity contribution is 0.309. The number of aryl methyl sites for hydroxylation is 1. The van der Waals surface area contributed by atoms with Crippen LogP contribution in [0.3, 0.4) is 0 Å². The van der Waals surface area contributed by atoms with E-state index in [0.717, 1.165) is 43.4 Å². The number of anilines is 1. The molecule has 0 aliphatic heterocycles. The third-order valence-corrected chi connectivity index (χ3v) is 5.63. The molecular formula is C20H26N4S. The molecule has 1 aromatic carbocycles. The van der Waals surface area contributed by atoms with Gasteiger partial charge in [-0.3, -0.25) is 0 Å². The van der Waals surface area contributed by atoms with Crippen molar-refractivity contribution < 1.29 is 0 Å². The molecule has 132 valence electrons. The van der Waals surface area contributed by atoms with Gasteiger partial charge in [-0.25, -0.2) is 9.97 Å². The van der Waals surface area contributed by atoms with Gasteiger partial charge >= 0.3 is 0 Å². The van der Waals surface area contributed by atoms with E-state index >= 15 is 0 Å². The van der Waals surface area contributed by atoms with Crippen molar-refractivity contribution >= 4 is 27.4 Å². The molecule has 4 nitrogen and oxygen atoms in total. The molecule has 0 unspecified atom stereocenters. The predicted molar refractivity (Wildman–Crippen MR) is 107 cm³/mol. The van der Waals surface area contributed by atoms with Crippen molar-refractivity contribution in [1.29, 1.82) is 0 Å². The fraction of sp³-hybridized carbons (Fsp3) is 0.400. The van der Waals surface area contributed by atoms with Crippen LogP contribution >= 0.6 is 11.3 Å². The molecule has 0 saturated carbocycles. The number of likely N-dealkylation sites (N-methyl/N-ethyl adjacent to an activating group) is 1. The summed E-state index contributed by atoms with van der Waals surface area (Å²) in [5.74, 6) is 1.06. The van der Waals surface area contributed by atoms with Crippen molar-refractivity contribution in [3.05, 3.63) is 53.2 Å². The number of fused-ring (bicyclic) bond motifs is 1. The topological polar surface area (TPSA) is 32.3 Å². The first-order valence-electron chi connectivity index (χ1n) is 8.93. The monoisotopic (exact) mass is 354 g/mol. The minimum absolute atomic E-state index is 0.865. The summed E-state index contributed by atoms with van der Waals surface area (Å²) in [4.78, 5) is 15.0. The lowest BCUT2D eigenvalue weighted by Crippen LogP contribution is -2.35. The average molecular weight is 355 g/mol. The van der Waals surface area contributed by atoms with E-state index in [1.54, 1.807) is 17.7 Å². The van der Waals surface area contributed by atoms with Gasteiger partial charge in [0.05, 0.1) is 5.39 Å². The fourth-order valence-electron chi connectivity index (χ4n) is 3.10. The molecule has 2 heterocycles. The van der Waals surface area contributed by atoms with Crippen LogP contribution in [0.4, 0.5) is 5.82 Å². The van der Waals surface area contributed by atoms with Gasteiger partial charge in [-0.15, -0.1) is 11.3 Å². The lowest BCUT2D eigenvalue weighted by Gasteiger charge is -2.28. The zero-order chi connectivity index (χ0) is 17.6. The Bertz CT molecular complexity index is 796. The maximum absolute atomic E-state index is 4.67. The molecule has 0 amide bonds. The van der Waals surface area contributed by atoms with Gasteiger partial charge in [-0.05, 0) is 36.5 Å². The highest BCUT2D eigenvalue weighted by Gasteiger charge is 2.16. The molecule has 0 bridgehead atoms. The largest absolute Gasteiger partial charge is 0.350 e. The van der Waals surface area contributed by atoms with Crippen molar-refractivity contribution in [1.82, 2.24) is 14.9 Å². The van der Waals surface area contributed by atoms with E-state index in [4.69, 9.17) is 0 Å². The first-order chi connectivity index (χ1) is 12.2. The molecule has 2 aromatic heterocycles. The molecule has 0 aliphatic carbocycles. The zero-order valence-corrected chi connectivity index (χ0v) is 16.1. The van der Waals surface area contributed by atoms with E-state index in [9.17, 15) is 0 Å². The highest BCUT2D eigenvalue weighted by Crippen LogP contribution is 2.31. The Morgan fingerprint density at radius 2 is 1.76 bits per heavy atom. The minimum Gasteiger partial charge on any atom is -0.350 e. The van der Waals surface area contributed by atoms with Crippen LogP contribution in [0.5, 0.6) is 0 Å². The third-order valence-electron chi connectivity index (χ3n) is 4.63. The van der Waals surface area contributed by atoms with E-state index in [2.05, 4.69) is 76.3 Å². The smallest absolute Gasteiger partial charge is 0.141 e. The highest BCUT2D eigenvalue weighted by molar-refractivity contribution is 7.17. The van der Waals surface area contributed by atoms with E-state index in [0.29, 0.717) is 0 Å². The molecule has 0 radical (unpaired) electrons. The molecule has 0 spiro atoms. The second-order valence-electron chi connectivity index (χ2n) is 6.23. The summed E-state index contributed by atoms with van der Waals surface area (Å²) >= 11 is 1.70. The Morgan fingerprint density at radius 3 is 2.48 bits per heavy atom. The molecule has 3 rings (SSSR count). The maximum atomic E-state index is 4.67. The van der Waals surface area contributed by atoms with Crippen molar-refractivity contribution in [3.8, 4) is 0 Å². The molecule has 0 N–H and O–H groups in total. The minimum atomic E-state index is 0.865. The van der Waals surface area contributed by atoms with Gasteiger partial charge in [0.15, 0.2) is 0 Å². The number of aromatic nitrogens is 2. The maximum Gasteiger partial charge on any atom is 0.141 e. The molecule has 25 heavy (non-hydrogen) atoms. The molecule has 0 aliphatic rings. The third kappa shape index (κ3) is 4.17. The molecular weight excluding hydrogens is 328 g/mol. The second-order valence-corrected chi connectivity index (χ2v) is 7.09. The van der Waals surface area contributed by atoms with E-state index in [1.807, 2.05) is 0 Å². The first kappa shape index (κ1) is 17.8. The Morgan fingerprint density at radius 1 is 1.00 bits per heavy atom. The first-order valence-corrected chi connectivity index (χ1v) is 9.80. The molecule has 0 fully saturated rings. The summed E-state index contributed by atoms with van der Waals surface area (Å²) in [5, 5.41) is 3.37. The van der Waals surface area contributed by atoms with Gasteiger partial charge in [0.25, 0.3) is 0 Å². The molecule has 5 heteroatoms. The van der Waals surface area contributed by atoms with Crippen LogP contribution in [0.25, 0.3) is 10.2 Å². The highest BCUT2D eigenvalue weighted by atomic mass is 32.1. The molecule has 0 atom stereocenters. The van der Waals surface area contributed by atoms with Gasteiger partial charge < -0.3 is 9.80 Å². The van der Waals surface area contributed by atoms with Gasteiger partial charge in [0.1, 0.15) is 17.0 Å². The van der Waals surface area contributed by atoms with Crippen LogP contribution in [0.15, 0.2) is 42.0 Å². The quantitative estimate of drug-likeness (QED) is 0.602.